The van der Waals surface area contributed by atoms with E-state index in [1.54, 1.807) is 23.5 Å². The van der Waals surface area contributed by atoms with Gasteiger partial charge < -0.3 is 4.74 Å². The fraction of sp³-hybridized carbons (Fsp3) is 0.231. The van der Waals surface area contributed by atoms with Gasteiger partial charge in [-0.3, -0.25) is 5.43 Å². The number of nitrogens with one attached hydrogen (secondary N) is 1. The SMILES string of the molecule is Cc1nc(CCc2ccc(OC(=O)NN)cc2)cs1.Cl. The van der Waals surface area contributed by atoms with Crippen molar-refractivity contribution in [3.63, 3.8) is 0 Å². The Bertz CT molecular complexity index is 557. The molecule has 20 heavy (non-hydrogen) atoms. The highest BCUT2D eigenvalue weighted by Gasteiger charge is 2.03. The Hall–Kier alpha value is -1.63. The number of hydrazine groups is 1. The van der Waals surface area contributed by atoms with Crippen LogP contribution in [0, 0.1) is 6.92 Å². The Balaban J connectivity index is 0.00000200. The van der Waals surface area contributed by atoms with Gasteiger partial charge in [0, 0.05) is 5.38 Å². The Kier molecular flexibility index (Phi) is 6.44. The number of nitrogens with zero attached hydrogens (tertiary/aromatic N) is 1. The van der Waals surface area contributed by atoms with E-state index >= 15 is 0 Å². The minimum Gasteiger partial charge on any atom is -0.409 e. The van der Waals surface area contributed by atoms with Crippen molar-refractivity contribution in [1.29, 1.82) is 0 Å². The summed E-state index contributed by atoms with van der Waals surface area (Å²) in [6, 6.07) is 7.35. The minimum atomic E-state index is -0.675. The zero-order chi connectivity index (χ0) is 13.7. The summed E-state index contributed by atoms with van der Waals surface area (Å²) in [5, 5.41) is 3.17. The average molecular weight is 314 g/mol. The summed E-state index contributed by atoms with van der Waals surface area (Å²) in [5.74, 6) is 5.40. The summed E-state index contributed by atoms with van der Waals surface area (Å²) in [7, 11) is 0. The summed E-state index contributed by atoms with van der Waals surface area (Å²) in [6.07, 6.45) is 1.14. The fourth-order valence-electron chi connectivity index (χ4n) is 1.66. The van der Waals surface area contributed by atoms with Crippen LogP contribution in [0.4, 0.5) is 4.79 Å². The number of hydrogen-bond acceptors (Lipinski definition) is 5. The first-order valence-corrected chi connectivity index (χ1v) is 6.73. The molecular formula is C13H16ClN3O2S. The Morgan fingerprint density at radius 1 is 1.35 bits per heavy atom. The molecule has 108 valence electrons. The largest absolute Gasteiger partial charge is 0.426 e. The van der Waals surface area contributed by atoms with Crippen LogP contribution < -0.4 is 16.0 Å². The highest BCUT2D eigenvalue weighted by Crippen LogP contribution is 2.15. The Labute approximate surface area is 127 Å². The number of carbonyl (C=O) groups is 1. The molecule has 0 spiro atoms. The first kappa shape index (κ1) is 16.4. The molecule has 0 unspecified atom stereocenters. The molecule has 7 heteroatoms. The van der Waals surface area contributed by atoms with Crippen LogP contribution in [0.1, 0.15) is 16.3 Å². The number of carbonyl (C=O) groups excluding carboxylic acids is 1. The lowest BCUT2D eigenvalue weighted by molar-refractivity contribution is 0.200. The van der Waals surface area contributed by atoms with Gasteiger partial charge in [-0.15, -0.1) is 23.7 Å². The molecule has 0 saturated carbocycles. The van der Waals surface area contributed by atoms with Gasteiger partial charge in [0.1, 0.15) is 5.75 Å². The molecule has 0 radical (unpaired) electrons. The molecule has 2 aromatic rings. The third kappa shape index (κ3) is 4.80. The molecule has 5 nitrogen and oxygen atoms in total. The van der Waals surface area contributed by atoms with Crippen LogP contribution in [0.15, 0.2) is 29.6 Å². The third-order valence-corrected chi connectivity index (χ3v) is 3.41. The van der Waals surface area contributed by atoms with Crippen molar-refractivity contribution in [3.05, 3.63) is 45.9 Å². The predicted molar refractivity (Wildman–Crippen MR) is 81.3 cm³/mol. The van der Waals surface area contributed by atoms with Gasteiger partial charge in [-0.2, -0.15) is 0 Å². The molecular weight excluding hydrogens is 298 g/mol. The molecule has 1 aromatic carbocycles. The maximum atomic E-state index is 10.9. The summed E-state index contributed by atoms with van der Waals surface area (Å²) >= 11 is 1.66. The number of ether oxygens (including phenoxy) is 1. The van der Waals surface area contributed by atoms with E-state index in [1.807, 2.05) is 24.5 Å². The van der Waals surface area contributed by atoms with Crippen molar-refractivity contribution < 1.29 is 9.53 Å². The molecule has 1 amide bonds. The quantitative estimate of drug-likeness (QED) is 0.517. The summed E-state index contributed by atoms with van der Waals surface area (Å²) in [4.78, 5) is 15.3. The van der Waals surface area contributed by atoms with Crippen molar-refractivity contribution in [3.8, 4) is 5.75 Å². The van der Waals surface area contributed by atoms with Crippen LogP contribution in [0.25, 0.3) is 0 Å². The van der Waals surface area contributed by atoms with Crippen molar-refractivity contribution in [2.24, 2.45) is 5.84 Å². The van der Waals surface area contributed by atoms with Gasteiger partial charge in [0.15, 0.2) is 0 Å². The number of halogens is 1. The lowest BCUT2D eigenvalue weighted by Crippen LogP contribution is -2.32. The maximum Gasteiger partial charge on any atom is 0.426 e. The van der Waals surface area contributed by atoms with E-state index in [1.165, 1.54) is 5.56 Å². The number of hydrogen-bond donors (Lipinski definition) is 2. The normalized spacial score (nSPS) is 9.70. The zero-order valence-electron chi connectivity index (χ0n) is 11.0. The molecule has 1 heterocycles. The van der Waals surface area contributed by atoms with Crippen LogP contribution in [0.5, 0.6) is 5.75 Å². The molecule has 0 fully saturated rings. The van der Waals surface area contributed by atoms with E-state index < -0.39 is 6.09 Å². The van der Waals surface area contributed by atoms with E-state index in [4.69, 9.17) is 10.6 Å². The van der Waals surface area contributed by atoms with Crippen LogP contribution in [0.3, 0.4) is 0 Å². The van der Waals surface area contributed by atoms with Crippen molar-refractivity contribution in [2.45, 2.75) is 19.8 Å². The predicted octanol–water partition coefficient (Wildman–Crippen LogP) is 2.62. The number of amides is 1. The van der Waals surface area contributed by atoms with E-state index in [2.05, 4.69) is 10.4 Å². The number of rotatable bonds is 4. The number of aryl methyl sites for hydroxylation is 3. The maximum absolute atomic E-state index is 10.9. The monoisotopic (exact) mass is 313 g/mol. The molecule has 0 aliphatic carbocycles. The van der Waals surface area contributed by atoms with Crippen molar-refractivity contribution in [2.75, 3.05) is 0 Å². The lowest BCUT2D eigenvalue weighted by Gasteiger charge is -2.04. The van der Waals surface area contributed by atoms with Crippen LogP contribution in [-0.2, 0) is 12.8 Å². The molecule has 0 saturated heterocycles. The van der Waals surface area contributed by atoms with Crippen LogP contribution in [0.2, 0.25) is 0 Å². The number of aromatic nitrogens is 1. The first-order chi connectivity index (χ1) is 9.17. The summed E-state index contributed by atoms with van der Waals surface area (Å²) in [6.45, 7) is 2.00. The van der Waals surface area contributed by atoms with E-state index in [0.29, 0.717) is 5.75 Å². The number of thiazole rings is 1. The van der Waals surface area contributed by atoms with Gasteiger partial charge in [-0.05, 0) is 37.5 Å². The second-order valence-corrected chi connectivity index (χ2v) is 5.10. The second-order valence-electron chi connectivity index (χ2n) is 4.04. The lowest BCUT2D eigenvalue weighted by atomic mass is 10.1. The molecule has 0 aliphatic rings. The molecule has 0 atom stereocenters. The number of nitrogens with two attached hydrogens (primary N) is 1. The topological polar surface area (TPSA) is 77.2 Å². The van der Waals surface area contributed by atoms with Crippen molar-refractivity contribution in [1.82, 2.24) is 10.4 Å². The average Bonchev–Trinajstić information content (AvgIpc) is 2.83. The highest BCUT2D eigenvalue weighted by molar-refractivity contribution is 7.09. The molecule has 1 aromatic heterocycles. The van der Waals surface area contributed by atoms with Gasteiger partial charge in [0.2, 0.25) is 0 Å². The molecule has 3 N–H and O–H groups in total. The highest BCUT2D eigenvalue weighted by atomic mass is 35.5. The molecule has 2 rings (SSSR count). The van der Waals surface area contributed by atoms with Gasteiger partial charge in [0.05, 0.1) is 10.7 Å². The second kappa shape index (κ2) is 7.84. The van der Waals surface area contributed by atoms with E-state index in [9.17, 15) is 4.79 Å². The zero-order valence-corrected chi connectivity index (χ0v) is 12.6. The van der Waals surface area contributed by atoms with E-state index in [-0.39, 0.29) is 12.4 Å². The Morgan fingerprint density at radius 2 is 2.05 bits per heavy atom. The van der Waals surface area contributed by atoms with Gasteiger partial charge in [-0.1, -0.05) is 12.1 Å². The van der Waals surface area contributed by atoms with Crippen LogP contribution in [-0.4, -0.2) is 11.1 Å². The Morgan fingerprint density at radius 3 is 2.60 bits per heavy atom. The third-order valence-electron chi connectivity index (χ3n) is 2.59. The minimum absolute atomic E-state index is 0. The standard InChI is InChI=1S/C13H15N3O2S.ClH/c1-9-15-11(8-19-9)5-2-10-3-6-12(7-4-10)18-13(17)16-14;/h3-4,6-8H,2,5,14H2,1H3,(H,16,17);1H. The smallest absolute Gasteiger partial charge is 0.409 e. The van der Waals surface area contributed by atoms with Gasteiger partial charge >= 0.3 is 6.09 Å². The van der Waals surface area contributed by atoms with Gasteiger partial charge in [-0.25, -0.2) is 15.6 Å². The van der Waals surface area contributed by atoms with E-state index in [0.717, 1.165) is 23.5 Å². The van der Waals surface area contributed by atoms with Gasteiger partial charge in [0.25, 0.3) is 0 Å². The number of benzene rings is 1. The fourth-order valence-corrected chi connectivity index (χ4v) is 2.30. The first-order valence-electron chi connectivity index (χ1n) is 5.86. The molecule has 0 aliphatic heterocycles. The summed E-state index contributed by atoms with van der Waals surface area (Å²) in [5.41, 5.74) is 4.20. The molecule has 0 bridgehead atoms. The van der Waals surface area contributed by atoms with Crippen molar-refractivity contribution >= 4 is 29.8 Å². The van der Waals surface area contributed by atoms with Crippen LogP contribution >= 0.6 is 23.7 Å². The summed E-state index contributed by atoms with van der Waals surface area (Å²) < 4.78 is 4.90.